The summed E-state index contributed by atoms with van der Waals surface area (Å²) in [5, 5.41) is 13.6. The van der Waals surface area contributed by atoms with Crippen LogP contribution in [0, 0.1) is 0 Å². The van der Waals surface area contributed by atoms with Gasteiger partial charge in [-0.1, -0.05) is 5.21 Å². The van der Waals surface area contributed by atoms with Crippen LogP contribution in [0.5, 0.6) is 0 Å². The Kier molecular flexibility index (Phi) is 1.05. The van der Waals surface area contributed by atoms with Crippen molar-refractivity contribution in [2.75, 3.05) is 7.05 Å². The van der Waals surface area contributed by atoms with Gasteiger partial charge in [-0.25, -0.2) is 0 Å². The number of nitrogens with zero attached hydrogens (tertiary/aromatic N) is 2. The molecule has 0 radical (unpaired) electrons. The lowest BCUT2D eigenvalue weighted by Gasteiger charge is -2.07. The van der Waals surface area contributed by atoms with Gasteiger partial charge in [0.25, 0.3) is 0 Å². The van der Waals surface area contributed by atoms with Gasteiger partial charge >= 0.3 is 0 Å². The first-order valence-corrected chi connectivity index (χ1v) is 3.43. The summed E-state index contributed by atoms with van der Waals surface area (Å²) in [6.45, 7) is 0. The van der Waals surface area contributed by atoms with E-state index in [0.717, 1.165) is 5.69 Å². The third-order valence-corrected chi connectivity index (χ3v) is 2.14. The third kappa shape index (κ3) is 0.654. The highest BCUT2D eigenvalue weighted by Crippen LogP contribution is 2.43. The fourth-order valence-corrected chi connectivity index (χ4v) is 1.19. The molecule has 1 aliphatic rings. The largest absolute Gasteiger partial charge is 0.309 e. The van der Waals surface area contributed by atoms with Crippen molar-refractivity contribution in [2.45, 2.75) is 18.4 Å². The molecule has 0 amide bonds. The first-order valence-electron chi connectivity index (χ1n) is 3.43. The molecular weight excluding hydrogens is 128 g/mol. The summed E-state index contributed by atoms with van der Waals surface area (Å²) in [7, 11) is 1.96. The molecule has 0 spiro atoms. The Balaban J connectivity index is 2.27. The van der Waals surface area contributed by atoms with Crippen molar-refractivity contribution in [3.63, 3.8) is 0 Å². The number of hydrogen-bond acceptors (Lipinski definition) is 3. The molecule has 0 aromatic carbocycles. The van der Waals surface area contributed by atoms with E-state index < -0.39 is 0 Å². The van der Waals surface area contributed by atoms with Crippen molar-refractivity contribution < 1.29 is 0 Å². The predicted molar refractivity (Wildman–Crippen MR) is 36.4 cm³/mol. The maximum absolute atomic E-state index is 3.95. The fourth-order valence-electron chi connectivity index (χ4n) is 1.19. The van der Waals surface area contributed by atoms with Gasteiger partial charge in [0.2, 0.25) is 0 Å². The number of aromatic nitrogens is 3. The van der Waals surface area contributed by atoms with Gasteiger partial charge in [-0.15, -0.1) is 5.10 Å². The molecule has 4 heteroatoms. The minimum atomic E-state index is 0.160. The summed E-state index contributed by atoms with van der Waals surface area (Å²) in [5.41, 5.74) is 1.20. The normalized spacial score (nSPS) is 20.9. The zero-order chi connectivity index (χ0) is 7.03. The Labute approximate surface area is 59.0 Å². The minimum Gasteiger partial charge on any atom is -0.309 e. The second-order valence-corrected chi connectivity index (χ2v) is 2.69. The van der Waals surface area contributed by atoms with Gasteiger partial charge < -0.3 is 5.32 Å². The van der Waals surface area contributed by atoms with Crippen LogP contribution in [-0.2, 0) is 5.54 Å². The van der Waals surface area contributed by atoms with Gasteiger partial charge in [0.05, 0.1) is 5.54 Å². The molecule has 0 bridgehead atoms. The van der Waals surface area contributed by atoms with Crippen LogP contribution in [0.15, 0.2) is 6.20 Å². The molecule has 54 valence electrons. The smallest absolute Gasteiger partial charge is 0.102 e. The van der Waals surface area contributed by atoms with Crippen molar-refractivity contribution in [1.82, 2.24) is 20.7 Å². The first-order chi connectivity index (χ1) is 4.87. The lowest BCUT2D eigenvalue weighted by molar-refractivity contribution is 0.566. The molecule has 0 atom stereocenters. The van der Waals surface area contributed by atoms with Crippen LogP contribution >= 0.6 is 0 Å². The molecule has 1 aliphatic carbocycles. The first kappa shape index (κ1) is 5.85. The molecule has 0 aliphatic heterocycles. The highest BCUT2D eigenvalue weighted by molar-refractivity contribution is 5.18. The molecular formula is C6H10N4. The molecule has 1 aromatic heterocycles. The van der Waals surface area contributed by atoms with Crippen LogP contribution in [-0.4, -0.2) is 22.5 Å². The zero-order valence-electron chi connectivity index (χ0n) is 5.89. The summed E-state index contributed by atoms with van der Waals surface area (Å²) in [6, 6.07) is 0. The third-order valence-electron chi connectivity index (χ3n) is 2.14. The van der Waals surface area contributed by atoms with E-state index in [1.165, 1.54) is 12.8 Å². The molecule has 0 unspecified atom stereocenters. The minimum absolute atomic E-state index is 0.160. The van der Waals surface area contributed by atoms with E-state index in [9.17, 15) is 0 Å². The second kappa shape index (κ2) is 1.79. The molecule has 2 rings (SSSR count). The Hall–Kier alpha value is -0.900. The summed E-state index contributed by atoms with van der Waals surface area (Å²) in [6.07, 6.45) is 4.20. The van der Waals surface area contributed by atoms with Gasteiger partial charge in [0.1, 0.15) is 5.69 Å². The average molecular weight is 138 g/mol. The van der Waals surface area contributed by atoms with E-state index >= 15 is 0 Å². The maximum atomic E-state index is 3.95. The SMILES string of the molecule is CNC1(c2c[nH]nn2)CC1. The Bertz CT molecular complexity index is 212. The quantitative estimate of drug-likeness (QED) is 0.605. The maximum Gasteiger partial charge on any atom is 0.102 e. The van der Waals surface area contributed by atoms with E-state index in [1.807, 2.05) is 13.2 Å². The van der Waals surface area contributed by atoms with Crippen LogP contribution in [0.4, 0.5) is 0 Å². The van der Waals surface area contributed by atoms with Crippen LogP contribution in [0.2, 0.25) is 0 Å². The van der Waals surface area contributed by atoms with Crippen molar-refractivity contribution >= 4 is 0 Å². The average Bonchev–Trinajstić information content (AvgIpc) is 2.58. The molecule has 4 nitrogen and oxygen atoms in total. The Morgan fingerprint density at radius 3 is 2.90 bits per heavy atom. The van der Waals surface area contributed by atoms with Gasteiger partial charge in [0, 0.05) is 6.20 Å². The monoisotopic (exact) mass is 138 g/mol. The van der Waals surface area contributed by atoms with E-state index in [1.54, 1.807) is 0 Å². The number of hydrogen-bond donors (Lipinski definition) is 2. The summed E-state index contributed by atoms with van der Waals surface area (Å²) in [5.74, 6) is 0. The van der Waals surface area contributed by atoms with Crippen LogP contribution in [0.3, 0.4) is 0 Å². The van der Waals surface area contributed by atoms with Crippen molar-refractivity contribution in [3.05, 3.63) is 11.9 Å². The summed E-state index contributed by atoms with van der Waals surface area (Å²) >= 11 is 0. The molecule has 0 saturated heterocycles. The Morgan fingerprint density at radius 2 is 2.50 bits per heavy atom. The lowest BCUT2D eigenvalue weighted by Crippen LogP contribution is -2.24. The van der Waals surface area contributed by atoms with E-state index in [2.05, 4.69) is 20.7 Å². The highest BCUT2D eigenvalue weighted by atomic mass is 15.3. The molecule has 1 fully saturated rings. The predicted octanol–water partition coefficient (Wildman–Crippen LogP) is 0.0132. The van der Waals surface area contributed by atoms with Crippen LogP contribution < -0.4 is 5.32 Å². The second-order valence-electron chi connectivity index (χ2n) is 2.69. The van der Waals surface area contributed by atoms with E-state index in [4.69, 9.17) is 0 Å². The summed E-state index contributed by atoms with van der Waals surface area (Å²) < 4.78 is 0. The molecule has 1 heterocycles. The molecule has 1 saturated carbocycles. The van der Waals surface area contributed by atoms with Crippen molar-refractivity contribution in [2.24, 2.45) is 0 Å². The summed E-state index contributed by atoms with van der Waals surface area (Å²) in [4.78, 5) is 0. The van der Waals surface area contributed by atoms with E-state index in [-0.39, 0.29) is 5.54 Å². The number of aromatic amines is 1. The topological polar surface area (TPSA) is 53.6 Å². The number of H-pyrrole nitrogens is 1. The van der Waals surface area contributed by atoms with Gasteiger partial charge in [0.15, 0.2) is 0 Å². The Morgan fingerprint density at radius 1 is 1.70 bits per heavy atom. The van der Waals surface area contributed by atoms with Gasteiger partial charge in [-0.2, -0.15) is 0 Å². The van der Waals surface area contributed by atoms with Crippen molar-refractivity contribution in [1.29, 1.82) is 0 Å². The zero-order valence-corrected chi connectivity index (χ0v) is 5.89. The standard InChI is InChI=1S/C6H10N4/c1-7-6(2-3-6)5-4-8-10-9-5/h4,7H,2-3H2,1H3,(H,8,9,10). The van der Waals surface area contributed by atoms with E-state index in [0.29, 0.717) is 0 Å². The van der Waals surface area contributed by atoms with Crippen LogP contribution in [0.1, 0.15) is 18.5 Å². The molecule has 10 heavy (non-hydrogen) atoms. The van der Waals surface area contributed by atoms with Crippen molar-refractivity contribution in [3.8, 4) is 0 Å². The number of rotatable bonds is 2. The van der Waals surface area contributed by atoms with Crippen LogP contribution in [0.25, 0.3) is 0 Å². The van der Waals surface area contributed by atoms with Gasteiger partial charge in [-0.3, -0.25) is 5.10 Å². The highest BCUT2D eigenvalue weighted by Gasteiger charge is 2.44. The fraction of sp³-hybridized carbons (Fsp3) is 0.667. The molecule has 1 aromatic rings. The molecule has 2 N–H and O–H groups in total. The van der Waals surface area contributed by atoms with Gasteiger partial charge in [-0.05, 0) is 19.9 Å². The lowest BCUT2D eigenvalue weighted by atomic mass is 10.2. The number of nitrogens with one attached hydrogen (secondary N) is 2.